The van der Waals surface area contributed by atoms with Crippen LogP contribution < -0.4 is 0 Å². The molecule has 1 unspecified atom stereocenters. The monoisotopic (exact) mass is 403 g/mol. The number of carbonyl (C=O) groups is 1. The average molecular weight is 403 g/mol. The first kappa shape index (κ1) is 19.8. The van der Waals surface area contributed by atoms with Crippen LogP contribution in [0, 0.1) is 12.7 Å². The number of hydrogen-bond acceptors (Lipinski definition) is 6. The summed E-state index contributed by atoms with van der Waals surface area (Å²) in [4.78, 5) is 23.0. The lowest BCUT2D eigenvalue weighted by Crippen LogP contribution is -2.55. The second-order valence-corrected chi connectivity index (χ2v) is 7.50. The van der Waals surface area contributed by atoms with Crippen LogP contribution in [-0.2, 0) is 4.74 Å². The number of urea groups is 1. The molecule has 2 aliphatic rings. The van der Waals surface area contributed by atoms with Crippen molar-refractivity contribution in [2.75, 3.05) is 52.5 Å². The minimum Gasteiger partial charge on any atom is -0.378 e. The quantitative estimate of drug-likeness (QED) is 0.783. The predicted octanol–water partition coefficient (Wildman–Crippen LogP) is 2.31. The van der Waals surface area contributed by atoms with E-state index in [-0.39, 0.29) is 17.9 Å². The van der Waals surface area contributed by atoms with Gasteiger partial charge in [-0.05, 0) is 25.5 Å². The van der Waals surface area contributed by atoms with Crippen molar-refractivity contribution in [3.05, 3.63) is 35.5 Å². The van der Waals surface area contributed by atoms with Crippen LogP contribution in [0.3, 0.4) is 0 Å². The first-order valence-corrected chi connectivity index (χ1v) is 9.98. The van der Waals surface area contributed by atoms with Gasteiger partial charge in [-0.3, -0.25) is 4.90 Å². The second-order valence-electron chi connectivity index (χ2n) is 7.50. The Hall–Kier alpha value is -2.52. The summed E-state index contributed by atoms with van der Waals surface area (Å²) >= 11 is 0. The van der Waals surface area contributed by atoms with E-state index in [9.17, 15) is 9.18 Å². The Bertz CT molecular complexity index is 860. The van der Waals surface area contributed by atoms with Crippen molar-refractivity contribution in [2.24, 2.45) is 0 Å². The Morgan fingerprint density at radius 2 is 1.79 bits per heavy atom. The summed E-state index contributed by atoms with van der Waals surface area (Å²) in [6.45, 7) is 9.01. The third kappa shape index (κ3) is 4.25. The number of amides is 2. The number of aromatic nitrogens is 2. The highest BCUT2D eigenvalue weighted by atomic mass is 19.1. The fourth-order valence-corrected chi connectivity index (χ4v) is 3.67. The lowest BCUT2D eigenvalue weighted by Gasteiger charge is -2.39. The Morgan fingerprint density at radius 1 is 1.10 bits per heavy atom. The Morgan fingerprint density at radius 3 is 2.48 bits per heavy atom. The number of piperazine rings is 1. The maximum Gasteiger partial charge on any atom is 0.320 e. The van der Waals surface area contributed by atoms with Crippen LogP contribution in [0.4, 0.5) is 9.18 Å². The molecule has 0 radical (unpaired) electrons. The summed E-state index contributed by atoms with van der Waals surface area (Å²) in [5.74, 6) is 0.587. The first-order chi connectivity index (χ1) is 14.0. The van der Waals surface area contributed by atoms with Crippen LogP contribution in [0.1, 0.15) is 24.4 Å². The van der Waals surface area contributed by atoms with Crippen molar-refractivity contribution in [2.45, 2.75) is 19.9 Å². The minimum atomic E-state index is -0.289. The van der Waals surface area contributed by atoms with Gasteiger partial charge in [0, 0.05) is 44.8 Å². The standard InChI is InChI=1S/C20H26FN5O3/c1-14-3-4-16(13-17(14)21)18-22-19(29-23-18)15(2)24-5-7-25(8-6-24)20(27)26-9-11-28-12-10-26/h3-4,13,15H,5-12H2,1-2H3. The van der Waals surface area contributed by atoms with Gasteiger partial charge in [0.25, 0.3) is 0 Å². The van der Waals surface area contributed by atoms with Crippen LogP contribution >= 0.6 is 0 Å². The molecular weight excluding hydrogens is 377 g/mol. The minimum absolute atomic E-state index is 0.0767. The fourth-order valence-electron chi connectivity index (χ4n) is 3.67. The molecule has 3 heterocycles. The van der Waals surface area contributed by atoms with Crippen molar-refractivity contribution >= 4 is 6.03 Å². The SMILES string of the molecule is Cc1ccc(-c2noc(C(C)N3CCN(C(=O)N4CCOCC4)CC3)n2)cc1F. The molecule has 2 fully saturated rings. The van der Waals surface area contributed by atoms with Gasteiger partial charge >= 0.3 is 6.03 Å². The van der Waals surface area contributed by atoms with Gasteiger partial charge in [-0.2, -0.15) is 4.98 Å². The van der Waals surface area contributed by atoms with Crippen molar-refractivity contribution in [1.82, 2.24) is 24.8 Å². The molecule has 2 aliphatic heterocycles. The summed E-state index contributed by atoms with van der Waals surface area (Å²) in [6, 6.07) is 4.92. The van der Waals surface area contributed by atoms with Crippen molar-refractivity contribution in [1.29, 1.82) is 0 Å². The number of rotatable bonds is 3. The van der Waals surface area contributed by atoms with Gasteiger partial charge in [-0.15, -0.1) is 0 Å². The maximum atomic E-state index is 13.8. The lowest BCUT2D eigenvalue weighted by atomic mass is 10.1. The Balaban J connectivity index is 1.36. The fraction of sp³-hybridized carbons (Fsp3) is 0.550. The van der Waals surface area contributed by atoms with Crippen LogP contribution in [0.25, 0.3) is 11.4 Å². The first-order valence-electron chi connectivity index (χ1n) is 9.98. The van der Waals surface area contributed by atoms with Gasteiger partial charge in [0.05, 0.1) is 19.3 Å². The number of carbonyl (C=O) groups excluding carboxylic acids is 1. The van der Waals surface area contributed by atoms with E-state index < -0.39 is 0 Å². The smallest absolute Gasteiger partial charge is 0.320 e. The summed E-state index contributed by atoms with van der Waals surface area (Å²) < 4.78 is 24.6. The molecule has 0 N–H and O–H groups in total. The molecule has 0 saturated carbocycles. The normalized spacial score (nSPS) is 19.4. The molecule has 9 heteroatoms. The van der Waals surface area contributed by atoms with Crippen molar-refractivity contribution in [3.8, 4) is 11.4 Å². The van der Waals surface area contributed by atoms with E-state index in [0.717, 1.165) is 13.1 Å². The maximum absolute atomic E-state index is 13.8. The zero-order valence-corrected chi connectivity index (χ0v) is 16.8. The largest absolute Gasteiger partial charge is 0.378 e. The topological polar surface area (TPSA) is 74.9 Å². The van der Waals surface area contributed by atoms with E-state index in [4.69, 9.17) is 9.26 Å². The summed E-state index contributed by atoms with van der Waals surface area (Å²) in [5, 5.41) is 4.01. The van der Waals surface area contributed by atoms with Gasteiger partial charge in [0.1, 0.15) is 5.82 Å². The predicted molar refractivity (Wildman–Crippen MR) is 104 cm³/mol. The molecule has 0 spiro atoms. The van der Waals surface area contributed by atoms with Crippen LogP contribution in [-0.4, -0.2) is 83.4 Å². The zero-order chi connectivity index (χ0) is 20.4. The van der Waals surface area contributed by atoms with Gasteiger partial charge < -0.3 is 19.1 Å². The average Bonchev–Trinajstić information content (AvgIpc) is 3.25. The molecule has 0 bridgehead atoms. The highest BCUT2D eigenvalue weighted by Gasteiger charge is 2.30. The molecular formula is C20H26FN5O3. The van der Waals surface area contributed by atoms with Crippen molar-refractivity contribution in [3.63, 3.8) is 0 Å². The Labute approximate surface area is 169 Å². The third-order valence-electron chi connectivity index (χ3n) is 5.64. The van der Waals surface area contributed by atoms with Gasteiger partial charge in [0.2, 0.25) is 11.7 Å². The van der Waals surface area contributed by atoms with Crippen LogP contribution in [0.5, 0.6) is 0 Å². The molecule has 4 rings (SSSR count). The van der Waals surface area contributed by atoms with Crippen molar-refractivity contribution < 1.29 is 18.4 Å². The number of ether oxygens (including phenoxy) is 1. The number of nitrogens with zero attached hydrogens (tertiary/aromatic N) is 5. The van der Waals surface area contributed by atoms with Gasteiger partial charge in [0.15, 0.2) is 0 Å². The van der Waals surface area contributed by atoms with E-state index in [2.05, 4.69) is 15.0 Å². The molecule has 29 heavy (non-hydrogen) atoms. The van der Waals surface area contributed by atoms with Gasteiger partial charge in [-0.25, -0.2) is 9.18 Å². The van der Waals surface area contributed by atoms with E-state index in [1.54, 1.807) is 19.1 Å². The number of benzene rings is 1. The van der Waals surface area contributed by atoms with E-state index in [1.165, 1.54) is 6.07 Å². The summed E-state index contributed by atoms with van der Waals surface area (Å²) in [6.07, 6.45) is 0. The number of halogens is 1. The zero-order valence-electron chi connectivity index (χ0n) is 16.8. The molecule has 2 saturated heterocycles. The van der Waals surface area contributed by atoms with E-state index in [0.29, 0.717) is 62.2 Å². The van der Waals surface area contributed by atoms with Crippen LogP contribution in [0.2, 0.25) is 0 Å². The molecule has 156 valence electrons. The third-order valence-corrected chi connectivity index (χ3v) is 5.64. The number of aryl methyl sites for hydroxylation is 1. The molecule has 8 nitrogen and oxygen atoms in total. The van der Waals surface area contributed by atoms with E-state index in [1.807, 2.05) is 16.7 Å². The summed E-state index contributed by atoms with van der Waals surface area (Å²) in [5.41, 5.74) is 1.17. The molecule has 1 aromatic heterocycles. The Kier molecular flexibility index (Phi) is 5.77. The lowest BCUT2D eigenvalue weighted by molar-refractivity contribution is 0.0339. The van der Waals surface area contributed by atoms with E-state index >= 15 is 0 Å². The molecule has 1 atom stereocenters. The number of morpholine rings is 1. The molecule has 2 aromatic rings. The molecule has 0 aliphatic carbocycles. The molecule has 1 aromatic carbocycles. The number of hydrogen-bond donors (Lipinski definition) is 0. The van der Waals surface area contributed by atoms with Gasteiger partial charge in [-0.1, -0.05) is 17.3 Å². The highest BCUT2D eigenvalue weighted by molar-refractivity contribution is 5.74. The second kappa shape index (κ2) is 8.46. The summed E-state index contributed by atoms with van der Waals surface area (Å²) in [7, 11) is 0. The highest BCUT2D eigenvalue weighted by Crippen LogP contribution is 2.24. The van der Waals surface area contributed by atoms with Crippen LogP contribution in [0.15, 0.2) is 22.7 Å². The molecule has 2 amide bonds.